The van der Waals surface area contributed by atoms with E-state index in [0.29, 0.717) is 21.9 Å². The third kappa shape index (κ3) is 3.59. The van der Waals surface area contributed by atoms with Crippen LogP contribution in [0.4, 0.5) is 0 Å². The summed E-state index contributed by atoms with van der Waals surface area (Å²) < 4.78 is 11.0. The molecule has 4 rings (SSSR count). The summed E-state index contributed by atoms with van der Waals surface area (Å²) in [4.78, 5) is 28.5. The predicted octanol–water partition coefficient (Wildman–Crippen LogP) is 4.57. The standard InChI is InChI=1S/C21H12ClNO4/c22-15-5-3-13(4-6-15)10-19-20(24)17-8-7-16(11-18(17)27-19)26-21(25)14-2-1-9-23-12-14/h1-12H/b19-10-. The zero-order valence-electron chi connectivity index (χ0n) is 13.9. The first-order valence-electron chi connectivity index (χ1n) is 8.06. The largest absolute Gasteiger partial charge is 0.452 e. The lowest BCUT2D eigenvalue weighted by molar-refractivity contribution is 0.0734. The number of allylic oxidation sites excluding steroid dienone is 1. The zero-order valence-corrected chi connectivity index (χ0v) is 14.6. The topological polar surface area (TPSA) is 65.5 Å². The Morgan fingerprint density at radius 3 is 2.67 bits per heavy atom. The fraction of sp³-hybridized carbons (Fsp3) is 0. The number of hydrogen-bond donors (Lipinski definition) is 0. The number of Topliss-reactive ketones (excluding diaryl/α,β-unsaturated/α-hetero) is 1. The fourth-order valence-corrected chi connectivity index (χ4v) is 2.72. The number of pyridine rings is 1. The normalized spacial score (nSPS) is 14.0. The molecule has 0 amide bonds. The van der Waals surface area contributed by atoms with Gasteiger partial charge in [-0.25, -0.2) is 4.79 Å². The maximum atomic E-state index is 12.5. The highest BCUT2D eigenvalue weighted by molar-refractivity contribution is 6.30. The highest BCUT2D eigenvalue weighted by atomic mass is 35.5. The average molecular weight is 378 g/mol. The van der Waals surface area contributed by atoms with Gasteiger partial charge in [-0.3, -0.25) is 9.78 Å². The number of carbonyl (C=O) groups is 2. The summed E-state index contributed by atoms with van der Waals surface area (Å²) in [6, 6.07) is 14.9. The fourth-order valence-electron chi connectivity index (χ4n) is 2.59. The number of hydrogen-bond acceptors (Lipinski definition) is 5. The van der Waals surface area contributed by atoms with Crippen LogP contribution >= 0.6 is 11.6 Å². The van der Waals surface area contributed by atoms with Crippen LogP contribution in [0.3, 0.4) is 0 Å². The first kappa shape index (κ1) is 17.0. The summed E-state index contributed by atoms with van der Waals surface area (Å²) >= 11 is 5.87. The SMILES string of the molecule is O=C(Oc1ccc2c(c1)O/C(=C\c1ccc(Cl)cc1)C2=O)c1cccnc1. The predicted molar refractivity (Wildman–Crippen MR) is 100 cm³/mol. The molecule has 0 fully saturated rings. The van der Waals surface area contributed by atoms with Crippen LogP contribution in [0.25, 0.3) is 6.08 Å². The van der Waals surface area contributed by atoms with Gasteiger partial charge in [0.25, 0.3) is 0 Å². The Labute approximate surface area is 159 Å². The first-order chi connectivity index (χ1) is 13.1. The van der Waals surface area contributed by atoms with Crippen molar-refractivity contribution in [2.45, 2.75) is 0 Å². The number of nitrogens with zero attached hydrogens (tertiary/aromatic N) is 1. The molecule has 3 aromatic rings. The van der Waals surface area contributed by atoms with Gasteiger partial charge in [0.15, 0.2) is 5.76 Å². The number of rotatable bonds is 3. The van der Waals surface area contributed by atoms with Gasteiger partial charge in [-0.15, -0.1) is 0 Å². The molecule has 0 radical (unpaired) electrons. The third-order valence-corrected chi connectivity index (χ3v) is 4.17. The molecule has 5 nitrogen and oxygen atoms in total. The maximum Gasteiger partial charge on any atom is 0.345 e. The molecule has 0 atom stereocenters. The number of halogens is 1. The van der Waals surface area contributed by atoms with Crippen LogP contribution in [-0.4, -0.2) is 16.7 Å². The van der Waals surface area contributed by atoms with E-state index in [4.69, 9.17) is 21.1 Å². The van der Waals surface area contributed by atoms with Crippen molar-refractivity contribution in [1.82, 2.24) is 4.98 Å². The van der Waals surface area contributed by atoms with E-state index in [1.807, 2.05) is 0 Å². The number of fused-ring (bicyclic) bond motifs is 1. The molecule has 1 aliphatic heterocycles. The van der Waals surface area contributed by atoms with E-state index in [0.717, 1.165) is 5.56 Å². The van der Waals surface area contributed by atoms with Gasteiger partial charge in [0, 0.05) is 23.5 Å². The molecule has 27 heavy (non-hydrogen) atoms. The number of benzene rings is 2. The second-order valence-corrected chi connectivity index (χ2v) is 6.22. The number of ketones is 1. The van der Waals surface area contributed by atoms with Crippen molar-refractivity contribution in [3.8, 4) is 11.5 Å². The smallest absolute Gasteiger partial charge is 0.345 e. The summed E-state index contributed by atoms with van der Waals surface area (Å²) in [5, 5.41) is 0.610. The lowest BCUT2D eigenvalue weighted by atomic mass is 10.1. The first-order valence-corrected chi connectivity index (χ1v) is 8.44. The van der Waals surface area contributed by atoms with Crippen LogP contribution in [0, 0.1) is 0 Å². The van der Waals surface area contributed by atoms with Gasteiger partial charge < -0.3 is 9.47 Å². The number of aromatic nitrogens is 1. The molecular formula is C21H12ClNO4. The Bertz CT molecular complexity index is 1060. The average Bonchev–Trinajstić information content (AvgIpc) is 2.99. The van der Waals surface area contributed by atoms with Crippen molar-refractivity contribution in [3.63, 3.8) is 0 Å². The third-order valence-electron chi connectivity index (χ3n) is 3.92. The molecule has 1 aliphatic rings. The molecule has 0 N–H and O–H groups in total. The molecule has 0 bridgehead atoms. The second kappa shape index (κ2) is 7.05. The number of carbonyl (C=O) groups excluding carboxylic acids is 2. The van der Waals surface area contributed by atoms with Crippen LogP contribution in [0.2, 0.25) is 5.02 Å². The highest BCUT2D eigenvalue weighted by Crippen LogP contribution is 2.35. The van der Waals surface area contributed by atoms with Crippen molar-refractivity contribution < 1.29 is 19.1 Å². The van der Waals surface area contributed by atoms with Crippen LogP contribution in [0.15, 0.2) is 72.8 Å². The van der Waals surface area contributed by atoms with Crippen molar-refractivity contribution in [2.24, 2.45) is 0 Å². The Morgan fingerprint density at radius 2 is 1.93 bits per heavy atom. The number of ether oxygens (including phenoxy) is 2. The van der Waals surface area contributed by atoms with E-state index in [-0.39, 0.29) is 17.3 Å². The Hall–Kier alpha value is -3.44. The molecule has 2 heterocycles. The molecule has 0 saturated heterocycles. The Morgan fingerprint density at radius 1 is 1.11 bits per heavy atom. The monoisotopic (exact) mass is 377 g/mol. The Kier molecular flexibility index (Phi) is 4.44. The van der Waals surface area contributed by atoms with Gasteiger partial charge in [-0.05, 0) is 48.0 Å². The highest BCUT2D eigenvalue weighted by Gasteiger charge is 2.28. The van der Waals surface area contributed by atoms with E-state index in [1.54, 1.807) is 60.8 Å². The van der Waals surface area contributed by atoms with E-state index in [9.17, 15) is 9.59 Å². The minimum atomic E-state index is -0.538. The van der Waals surface area contributed by atoms with Crippen LogP contribution in [0.5, 0.6) is 11.5 Å². The summed E-state index contributed by atoms with van der Waals surface area (Å²) in [7, 11) is 0. The molecule has 2 aromatic carbocycles. The lowest BCUT2D eigenvalue weighted by Crippen LogP contribution is -2.08. The maximum absolute atomic E-state index is 12.5. The quantitative estimate of drug-likeness (QED) is 0.380. The van der Waals surface area contributed by atoms with Crippen LogP contribution in [0.1, 0.15) is 26.3 Å². The molecule has 0 unspecified atom stereocenters. The van der Waals surface area contributed by atoms with Crippen molar-refractivity contribution in [1.29, 1.82) is 0 Å². The van der Waals surface area contributed by atoms with E-state index in [2.05, 4.69) is 4.98 Å². The molecule has 6 heteroatoms. The minimum absolute atomic E-state index is 0.197. The van der Waals surface area contributed by atoms with E-state index >= 15 is 0 Å². The minimum Gasteiger partial charge on any atom is -0.452 e. The van der Waals surface area contributed by atoms with Gasteiger partial charge in [-0.1, -0.05) is 23.7 Å². The van der Waals surface area contributed by atoms with Gasteiger partial charge in [-0.2, -0.15) is 0 Å². The second-order valence-electron chi connectivity index (χ2n) is 5.78. The molecule has 0 aliphatic carbocycles. The molecular weight excluding hydrogens is 366 g/mol. The Balaban J connectivity index is 1.55. The van der Waals surface area contributed by atoms with Crippen LogP contribution in [-0.2, 0) is 0 Å². The zero-order chi connectivity index (χ0) is 18.8. The lowest BCUT2D eigenvalue weighted by Gasteiger charge is -2.05. The number of esters is 1. The van der Waals surface area contributed by atoms with Crippen molar-refractivity contribution in [2.75, 3.05) is 0 Å². The molecule has 1 aromatic heterocycles. The van der Waals surface area contributed by atoms with Gasteiger partial charge in [0.05, 0.1) is 11.1 Å². The van der Waals surface area contributed by atoms with Crippen LogP contribution < -0.4 is 9.47 Å². The van der Waals surface area contributed by atoms with Gasteiger partial charge >= 0.3 is 5.97 Å². The van der Waals surface area contributed by atoms with Gasteiger partial charge in [0.1, 0.15) is 11.5 Å². The van der Waals surface area contributed by atoms with Crippen molar-refractivity contribution in [3.05, 3.63) is 94.5 Å². The summed E-state index contributed by atoms with van der Waals surface area (Å²) in [5.41, 5.74) is 1.54. The summed E-state index contributed by atoms with van der Waals surface area (Å²) in [5.74, 6) is 0.0530. The summed E-state index contributed by atoms with van der Waals surface area (Å²) in [6.45, 7) is 0. The summed E-state index contributed by atoms with van der Waals surface area (Å²) in [6.07, 6.45) is 4.63. The van der Waals surface area contributed by atoms with E-state index < -0.39 is 5.97 Å². The molecule has 132 valence electrons. The van der Waals surface area contributed by atoms with E-state index in [1.165, 1.54) is 12.3 Å². The molecule has 0 spiro atoms. The van der Waals surface area contributed by atoms with Crippen molar-refractivity contribution >= 4 is 29.4 Å². The van der Waals surface area contributed by atoms with Gasteiger partial charge in [0.2, 0.25) is 5.78 Å². The molecule has 0 saturated carbocycles.